The molecule has 0 bridgehead atoms. The molecule has 94 valence electrons. The van der Waals surface area contributed by atoms with Gasteiger partial charge in [0.25, 0.3) is 0 Å². The Labute approximate surface area is 112 Å². The molecule has 0 fully saturated rings. The lowest BCUT2D eigenvalue weighted by molar-refractivity contribution is 0.306. The first-order chi connectivity index (χ1) is 9.42. The average Bonchev–Trinajstić information content (AvgIpc) is 3.01. The molecule has 0 aliphatic carbocycles. The van der Waals surface area contributed by atoms with E-state index in [1.165, 1.54) is 0 Å². The van der Waals surface area contributed by atoms with Gasteiger partial charge in [0, 0.05) is 5.56 Å². The highest BCUT2D eigenvalue weighted by Gasteiger charge is 2.02. The van der Waals surface area contributed by atoms with Crippen molar-refractivity contribution < 1.29 is 9.15 Å². The van der Waals surface area contributed by atoms with Gasteiger partial charge in [-0.25, -0.2) is 0 Å². The first-order valence-corrected chi connectivity index (χ1v) is 6.22. The number of benzene rings is 2. The van der Waals surface area contributed by atoms with Crippen molar-refractivity contribution in [1.29, 1.82) is 0 Å². The van der Waals surface area contributed by atoms with E-state index in [1.807, 2.05) is 54.6 Å². The van der Waals surface area contributed by atoms with Crippen molar-refractivity contribution in [3.63, 3.8) is 0 Å². The molecule has 0 aliphatic rings. The summed E-state index contributed by atoms with van der Waals surface area (Å²) in [5.74, 6) is 1.76. The molecule has 0 N–H and O–H groups in total. The van der Waals surface area contributed by atoms with Crippen LogP contribution in [0.15, 0.2) is 77.4 Å². The third kappa shape index (κ3) is 2.86. The predicted octanol–water partition coefficient (Wildman–Crippen LogP) is 4.53. The molecule has 2 nitrogen and oxygen atoms in total. The molecule has 3 aromatic rings. The topological polar surface area (TPSA) is 22.4 Å². The summed E-state index contributed by atoms with van der Waals surface area (Å²) >= 11 is 0. The Balaban J connectivity index is 1.74. The Hall–Kier alpha value is -2.48. The van der Waals surface area contributed by atoms with Crippen molar-refractivity contribution in [2.24, 2.45) is 0 Å². The van der Waals surface area contributed by atoms with Crippen LogP contribution in [-0.2, 0) is 6.61 Å². The van der Waals surface area contributed by atoms with E-state index in [-0.39, 0.29) is 0 Å². The van der Waals surface area contributed by atoms with Crippen molar-refractivity contribution in [3.8, 4) is 17.1 Å². The largest absolute Gasteiger partial charge is 0.489 e. The van der Waals surface area contributed by atoms with Crippen LogP contribution in [0.5, 0.6) is 5.75 Å². The summed E-state index contributed by atoms with van der Waals surface area (Å²) in [6.07, 6.45) is 1.68. The van der Waals surface area contributed by atoms with Crippen molar-refractivity contribution in [2.45, 2.75) is 6.61 Å². The summed E-state index contributed by atoms with van der Waals surface area (Å²) in [5, 5.41) is 0. The van der Waals surface area contributed by atoms with E-state index in [1.54, 1.807) is 6.26 Å². The first kappa shape index (κ1) is 11.6. The molecule has 0 amide bonds. The molecule has 19 heavy (non-hydrogen) atoms. The van der Waals surface area contributed by atoms with E-state index in [9.17, 15) is 0 Å². The molecule has 0 radical (unpaired) electrons. The average molecular weight is 250 g/mol. The van der Waals surface area contributed by atoms with Crippen molar-refractivity contribution in [3.05, 3.63) is 78.6 Å². The van der Waals surface area contributed by atoms with Crippen LogP contribution in [0.25, 0.3) is 11.3 Å². The highest BCUT2D eigenvalue weighted by molar-refractivity contribution is 5.58. The number of furan rings is 1. The van der Waals surface area contributed by atoms with Crippen LogP contribution in [0.2, 0.25) is 0 Å². The fourth-order valence-corrected chi connectivity index (χ4v) is 1.94. The van der Waals surface area contributed by atoms with Gasteiger partial charge in [0.1, 0.15) is 18.1 Å². The minimum Gasteiger partial charge on any atom is -0.489 e. The van der Waals surface area contributed by atoms with Crippen LogP contribution in [0.4, 0.5) is 0 Å². The van der Waals surface area contributed by atoms with Crippen LogP contribution in [0, 0.1) is 0 Å². The zero-order chi connectivity index (χ0) is 12.9. The molecule has 0 atom stereocenters. The number of hydrogen-bond donors (Lipinski definition) is 0. The minimum atomic E-state index is 0.554. The molecule has 0 saturated carbocycles. The second-order valence-electron chi connectivity index (χ2n) is 4.28. The Bertz CT molecular complexity index is 627. The van der Waals surface area contributed by atoms with Gasteiger partial charge >= 0.3 is 0 Å². The van der Waals surface area contributed by atoms with Crippen LogP contribution in [0.1, 0.15) is 5.56 Å². The predicted molar refractivity (Wildman–Crippen MR) is 74.9 cm³/mol. The maximum Gasteiger partial charge on any atom is 0.133 e. The van der Waals surface area contributed by atoms with Crippen LogP contribution < -0.4 is 4.74 Å². The minimum absolute atomic E-state index is 0.554. The third-order valence-corrected chi connectivity index (χ3v) is 2.88. The van der Waals surface area contributed by atoms with Crippen molar-refractivity contribution >= 4 is 0 Å². The van der Waals surface area contributed by atoms with Gasteiger partial charge < -0.3 is 9.15 Å². The number of para-hydroxylation sites is 1. The summed E-state index contributed by atoms with van der Waals surface area (Å²) in [6.45, 7) is 0.554. The summed E-state index contributed by atoms with van der Waals surface area (Å²) in [4.78, 5) is 0. The zero-order valence-corrected chi connectivity index (χ0v) is 10.5. The molecular weight excluding hydrogens is 236 g/mol. The molecule has 3 rings (SSSR count). The van der Waals surface area contributed by atoms with Gasteiger partial charge in [-0.2, -0.15) is 0 Å². The molecule has 1 heterocycles. The van der Waals surface area contributed by atoms with E-state index >= 15 is 0 Å². The lowest BCUT2D eigenvalue weighted by Gasteiger charge is -2.07. The summed E-state index contributed by atoms with van der Waals surface area (Å²) < 4.78 is 11.1. The van der Waals surface area contributed by atoms with E-state index < -0.39 is 0 Å². The van der Waals surface area contributed by atoms with E-state index in [2.05, 4.69) is 12.1 Å². The monoisotopic (exact) mass is 250 g/mol. The summed E-state index contributed by atoms with van der Waals surface area (Å²) in [5.41, 5.74) is 2.19. The quantitative estimate of drug-likeness (QED) is 0.679. The first-order valence-electron chi connectivity index (χ1n) is 6.22. The van der Waals surface area contributed by atoms with E-state index in [4.69, 9.17) is 9.15 Å². The second-order valence-corrected chi connectivity index (χ2v) is 4.28. The second kappa shape index (κ2) is 5.44. The van der Waals surface area contributed by atoms with E-state index in [0.29, 0.717) is 6.61 Å². The van der Waals surface area contributed by atoms with Gasteiger partial charge in [0.15, 0.2) is 0 Å². The lowest BCUT2D eigenvalue weighted by atomic mass is 10.1. The SMILES string of the molecule is c1ccc(OCc2cccc(-c3ccco3)c2)cc1. The van der Waals surface area contributed by atoms with Crippen LogP contribution in [0.3, 0.4) is 0 Å². The van der Waals surface area contributed by atoms with E-state index in [0.717, 1.165) is 22.6 Å². The normalized spacial score (nSPS) is 10.3. The Morgan fingerprint density at radius 3 is 2.53 bits per heavy atom. The smallest absolute Gasteiger partial charge is 0.133 e. The highest BCUT2D eigenvalue weighted by Crippen LogP contribution is 2.21. The molecule has 0 aliphatic heterocycles. The molecule has 1 aromatic heterocycles. The lowest BCUT2D eigenvalue weighted by Crippen LogP contribution is -1.95. The molecule has 0 spiro atoms. The number of ether oxygens (including phenoxy) is 1. The molecule has 0 saturated heterocycles. The van der Waals surface area contributed by atoms with Crippen LogP contribution in [-0.4, -0.2) is 0 Å². The van der Waals surface area contributed by atoms with Crippen LogP contribution >= 0.6 is 0 Å². The van der Waals surface area contributed by atoms with Gasteiger partial charge in [0.2, 0.25) is 0 Å². The number of hydrogen-bond acceptors (Lipinski definition) is 2. The summed E-state index contributed by atoms with van der Waals surface area (Å²) in [6, 6.07) is 21.9. The fraction of sp³-hybridized carbons (Fsp3) is 0.0588. The maximum absolute atomic E-state index is 5.73. The Morgan fingerprint density at radius 2 is 1.74 bits per heavy atom. The molecular formula is C17H14O2. The molecule has 2 aromatic carbocycles. The zero-order valence-electron chi connectivity index (χ0n) is 10.5. The van der Waals surface area contributed by atoms with Gasteiger partial charge in [-0.05, 0) is 35.9 Å². The van der Waals surface area contributed by atoms with Crippen molar-refractivity contribution in [2.75, 3.05) is 0 Å². The molecule has 2 heteroatoms. The highest BCUT2D eigenvalue weighted by atomic mass is 16.5. The van der Waals surface area contributed by atoms with Gasteiger partial charge in [-0.15, -0.1) is 0 Å². The standard InChI is InChI=1S/C17H14O2/c1-2-8-16(9-3-1)19-13-14-6-4-7-15(12-14)17-10-5-11-18-17/h1-12H,13H2. The van der Waals surface area contributed by atoms with Gasteiger partial charge in [0.05, 0.1) is 6.26 Å². The third-order valence-electron chi connectivity index (χ3n) is 2.88. The Morgan fingerprint density at radius 1 is 0.842 bits per heavy atom. The van der Waals surface area contributed by atoms with Crippen molar-refractivity contribution in [1.82, 2.24) is 0 Å². The number of rotatable bonds is 4. The fourth-order valence-electron chi connectivity index (χ4n) is 1.94. The van der Waals surface area contributed by atoms with Gasteiger partial charge in [-0.1, -0.05) is 36.4 Å². The van der Waals surface area contributed by atoms with Gasteiger partial charge in [-0.3, -0.25) is 0 Å². The molecule has 0 unspecified atom stereocenters. The maximum atomic E-state index is 5.73. The summed E-state index contributed by atoms with van der Waals surface area (Å²) in [7, 11) is 0. The Kier molecular flexibility index (Phi) is 3.32.